The van der Waals surface area contributed by atoms with Crippen molar-refractivity contribution in [3.05, 3.63) is 0 Å². The van der Waals surface area contributed by atoms with Gasteiger partial charge in [0, 0.05) is 6.54 Å². The van der Waals surface area contributed by atoms with Crippen LogP contribution in [0.1, 0.15) is 26.7 Å². The molecule has 2 unspecified atom stereocenters. The van der Waals surface area contributed by atoms with Gasteiger partial charge in [-0.2, -0.15) is 0 Å². The highest BCUT2D eigenvalue weighted by Gasteiger charge is 2.34. The molecule has 0 bridgehead atoms. The lowest BCUT2D eigenvalue weighted by atomic mass is 9.96. The van der Waals surface area contributed by atoms with E-state index >= 15 is 0 Å². The largest absolute Gasteiger partial charge is 0.342 e. The number of hydrogen-bond donors (Lipinski definition) is 1. The monoisotopic (exact) mass is 230 g/mol. The van der Waals surface area contributed by atoms with Gasteiger partial charge in [0.15, 0.2) is 0 Å². The molecule has 92 valence electrons. The molecule has 1 rings (SSSR count). The molecule has 0 saturated carbocycles. The maximum Gasteiger partial charge on any atom is 0.245 e. The zero-order chi connectivity index (χ0) is 12.1. The average molecular weight is 230 g/mol. The van der Waals surface area contributed by atoms with Gasteiger partial charge in [0.05, 0.1) is 13.2 Å². The van der Waals surface area contributed by atoms with E-state index in [1.807, 2.05) is 13.8 Å². The number of carbonyl (C=O) groups is 2. The predicted molar refractivity (Wildman–Crippen MR) is 58.6 cm³/mol. The summed E-state index contributed by atoms with van der Waals surface area (Å²) in [6.07, 6.45) is 1.12. The van der Waals surface area contributed by atoms with Crippen LogP contribution in [0.4, 0.5) is 4.39 Å². The highest BCUT2D eigenvalue weighted by atomic mass is 19.1. The first-order chi connectivity index (χ1) is 7.60. The molecule has 1 heterocycles. The minimum absolute atomic E-state index is 0.0613. The molecule has 1 aliphatic rings. The van der Waals surface area contributed by atoms with E-state index in [2.05, 4.69) is 5.32 Å². The van der Waals surface area contributed by atoms with Crippen molar-refractivity contribution in [2.45, 2.75) is 32.7 Å². The molecule has 4 nitrogen and oxygen atoms in total. The molecule has 0 aromatic carbocycles. The molecule has 16 heavy (non-hydrogen) atoms. The third-order valence-electron chi connectivity index (χ3n) is 3.00. The van der Waals surface area contributed by atoms with E-state index in [-0.39, 0.29) is 24.3 Å². The molecular formula is C11H19FN2O2. The zero-order valence-corrected chi connectivity index (χ0v) is 9.83. The van der Waals surface area contributed by atoms with Crippen LogP contribution in [-0.4, -0.2) is 42.5 Å². The second-order valence-corrected chi connectivity index (χ2v) is 4.23. The Balaban J connectivity index is 2.66. The first-order valence-corrected chi connectivity index (χ1v) is 5.74. The Bertz CT molecular complexity index is 271. The second kappa shape index (κ2) is 5.82. The van der Waals surface area contributed by atoms with Gasteiger partial charge in [-0.3, -0.25) is 14.0 Å². The van der Waals surface area contributed by atoms with Crippen LogP contribution in [0.2, 0.25) is 0 Å². The fourth-order valence-corrected chi connectivity index (χ4v) is 1.79. The molecule has 1 fully saturated rings. The first-order valence-electron chi connectivity index (χ1n) is 5.74. The molecule has 0 spiro atoms. The van der Waals surface area contributed by atoms with Crippen LogP contribution in [0.5, 0.6) is 0 Å². The Hall–Kier alpha value is -1.13. The van der Waals surface area contributed by atoms with E-state index < -0.39 is 12.7 Å². The SMILES string of the molecule is CCC(C)C1NC(=O)CN(CCCF)C1=O. The topological polar surface area (TPSA) is 49.4 Å². The van der Waals surface area contributed by atoms with Gasteiger partial charge in [-0.05, 0) is 12.3 Å². The fourth-order valence-electron chi connectivity index (χ4n) is 1.79. The molecule has 0 radical (unpaired) electrons. The standard InChI is InChI=1S/C11H19FN2O2/c1-3-8(2)10-11(16)14(6-4-5-12)7-9(15)13-10/h8,10H,3-7H2,1-2H3,(H,13,15). The average Bonchev–Trinajstić information content (AvgIpc) is 2.28. The number of halogens is 1. The number of hydrogen-bond acceptors (Lipinski definition) is 2. The van der Waals surface area contributed by atoms with E-state index in [1.165, 1.54) is 4.90 Å². The molecule has 5 heteroatoms. The third kappa shape index (κ3) is 2.93. The number of carbonyl (C=O) groups excluding carboxylic acids is 2. The van der Waals surface area contributed by atoms with Crippen LogP contribution < -0.4 is 5.32 Å². The second-order valence-electron chi connectivity index (χ2n) is 4.23. The van der Waals surface area contributed by atoms with Gasteiger partial charge >= 0.3 is 0 Å². The van der Waals surface area contributed by atoms with Crippen molar-refractivity contribution < 1.29 is 14.0 Å². The van der Waals surface area contributed by atoms with Crippen LogP contribution in [-0.2, 0) is 9.59 Å². The van der Waals surface area contributed by atoms with Crippen LogP contribution in [0, 0.1) is 5.92 Å². The summed E-state index contributed by atoms with van der Waals surface area (Å²) in [6.45, 7) is 3.84. The lowest BCUT2D eigenvalue weighted by Crippen LogP contribution is -2.60. The van der Waals surface area contributed by atoms with Gasteiger partial charge in [0.25, 0.3) is 0 Å². The molecule has 1 aliphatic heterocycles. The Labute approximate surface area is 95.2 Å². The lowest BCUT2D eigenvalue weighted by molar-refractivity contribution is -0.145. The molecule has 2 atom stereocenters. The Morgan fingerprint density at radius 2 is 2.25 bits per heavy atom. The molecule has 0 aromatic heterocycles. The Morgan fingerprint density at radius 3 is 2.81 bits per heavy atom. The van der Waals surface area contributed by atoms with Gasteiger partial charge in [0.1, 0.15) is 6.04 Å². The van der Waals surface area contributed by atoms with Gasteiger partial charge in [-0.25, -0.2) is 0 Å². The number of amides is 2. The summed E-state index contributed by atoms with van der Waals surface area (Å²) >= 11 is 0. The van der Waals surface area contributed by atoms with Crippen molar-refractivity contribution >= 4 is 11.8 Å². The molecule has 0 aliphatic carbocycles. The first kappa shape index (κ1) is 12.9. The fraction of sp³-hybridized carbons (Fsp3) is 0.818. The minimum Gasteiger partial charge on any atom is -0.342 e. The maximum absolute atomic E-state index is 12.1. The highest BCUT2D eigenvalue weighted by molar-refractivity contribution is 5.94. The van der Waals surface area contributed by atoms with Crippen LogP contribution in [0.15, 0.2) is 0 Å². The minimum atomic E-state index is -0.459. The third-order valence-corrected chi connectivity index (χ3v) is 3.00. The van der Waals surface area contributed by atoms with Crippen LogP contribution in [0.25, 0.3) is 0 Å². The Morgan fingerprint density at radius 1 is 1.56 bits per heavy atom. The summed E-state index contributed by atoms with van der Waals surface area (Å²) in [7, 11) is 0. The molecule has 0 aromatic rings. The predicted octanol–water partition coefficient (Wildman–Crippen LogP) is 0.719. The van der Waals surface area contributed by atoms with E-state index in [9.17, 15) is 14.0 Å². The number of nitrogens with zero attached hydrogens (tertiary/aromatic N) is 1. The highest BCUT2D eigenvalue weighted by Crippen LogP contribution is 2.14. The van der Waals surface area contributed by atoms with Gasteiger partial charge in [0.2, 0.25) is 11.8 Å². The van der Waals surface area contributed by atoms with Crippen molar-refractivity contribution in [2.75, 3.05) is 19.8 Å². The number of alkyl halides is 1. The maximum atomic E-state index is 12.1. The zero-order valence-electron chi connectivity index (χ0n) is 9.83. The van der Waals surface area contributed by atoms with Crippen molar-refractivity contribution in [2.24, 2.45) is 5.92 Å². The summed E-state index contributed by atoms with van der Waals surface area (Å²) in [5.41, 5.74) is 0. The number of rotatable bonds is 5. The van der Waals surface area contributed by atoms with Crippen LogP contribution >= 0.6 is 0 Å². The van der Waals surface area contributed by atoms with E-state index in [0.717, 1.165) is 6.42 Å². The summed E-state index contributed by atoms with van der Waals surface area (Å²) in [4.78, 5) is 24.8. The summed E-state index contributed by atoms with van der Waals surface area (Å²) in [6, 6.07) is -0.439. The summed E-state index contributed by atoms with van der Waals surface area (Å²) in [5.74, 6) is -0.115. The molecule has 1 N–H and O–H groups in total. The van der Waals surface area contributed by atoms with Gasteiger partial charge in [-0.1, -0.05) is 20.3 Å². The van der Waals surface area contributed by atoms with E-state index in [1.54, 1.807) is 0 Å². The molecular weight excluding hydrogens is 211 g/mol. The van der Waals surface area contributed by atoms with Gasteiger partial charge < -0.3 is 10.2 Å². The summed E-state index contributed by atoms with van der Waals surface area (Å²) < 4.78 is 12.1. The van der Waals surface area contributed by atoms with Crippen molar-refractivity contribution in [3.63, 3.8) is 0 Å². The van der Waals surface area contributed by atoms with E-state index in [0.29, 0.717) is 13.0 Å². The molecule has 2 amide bonds. The smallest absolute Gasteiger partial charge is 0.245 e. The van der Waals surface area contributed by atoms with Crippen molar-refractivity contribution in [1.82, 2.24) is 10.2 Å². The molecule has 1 saturated heterocycles. The summed E-state index contributed by atoms with van der Waals surface area (Å²) in [5, 5.41) is 2.70. The Kier molecular flexibility index (Phi) is 4.71. The quantitative estimate of drug-likeness (QED) is 0.756. The van der Waals surface area contributed by atoms with E-state index in [4.69, 9.17) is 0 Å². The van der Waals surface area contributed by atoms with Crippen molar-refractivity contribution in [3.8, 4) is 0 Å². The normalized spacial score (nSPS) is 23.2. The number of nitrogens with one attached hydrogen (secondary N) is 1. The lowest BCUT2D eigenvalue weighted by Gasteiger charge is -2.35. The number of piperazine rings is 1. The van der Waals surface area contributed by atoms with Gasteiger partial charge in [-0.15, -0.1) is 0 Å². The van der Waals surface area contributed by atoms with Crippen LogP contribution in [0.3, 0.4) is 0 Å². The van der Waals surface area contributed by atoms with Crippen molar-refractivity contribution in [1.29, 1.82) is 0 Å².